The molecule has 3 atom stereocenters. The van der Waals surface area contributed by atoms with Gasteiger partial charge < -0.3 is 10.5 Å². The van der Waals surface area contributed by atoms with Gasteiger partial charge in [-0.15, -0.1) is 0 Å². The van der Waals surface area contributed by atoms with E-state index in [-0.39, 0.29) is 12.0 Å². The number of carbonyl (C=O) groups is 1. The third kappa shape index (κ3) is 1.88. The maximum atomic E-state index is 11.6. The Bertz CT molecular complexity index is 245. The van der Waals surface area contributed by atoms with Gasteiger partial charge in [0.2, 0.25) is 0 Å². The molecule has 0 spiro atoms. The number of nitrogens with zero attached hydrogens (tertiary/aromatic N) is 1. The highest BCUT2D eigenvalue weighted by atomic mass is 16.5. The summed E-state index contributed by atoms with van der Waals surface area (Å²) in [5.74, 6) is 0.396. The second-order valence-corrected chi connectivity index (χ2v) is 4.57. The number of fused-ring (bicyclic) bond motifs is 1. The normalized spacial score (nSPS) is 36.3. The molecule has 2 saturated heterocycles. The van der Waals surface area contributed by atoms with Crippen LogP contribution in [0.4, 0.5) is 0 Å². The lowest BCUT2D eigenvalue weighted by molar-refractivity contribution is -0.146. The maximum Gasteiger partial charge on any atom is 0.323 e. The molecule has 2 fully saturated rings. The molecule has 4 heteroatoms. The Hall–Kier alpha value is -0.610. The monoisotopic (exact) mass is 212 g/mol. The number of esters is 1. The molecule has 0 aromatic heterocycles. The van der Waals surface area contributed by atoms with E-state index in [1.807, 2.05) is 0 Å². The smallest absolute Gasteiger partial charge is 0.323 e. The summed E-state index contributed by atoms with van der Waals surface area (Å²) in [7, 11) is 1.47. The molecule has 4 nitrogen and oxygen atoms in total. The van der Waals surface area contributed by atoms with E-state index >= 15 is 0 Å². The Morgan fingerprint density at radius 2 is 2.33 bits per heavy atom. The van der Waals surface area contributed by atoms with Crippen LogP contribution in [0.5, 0.6) is 0 Å². The fraction of sp³-hybridized carbons (Fsp3) is 0.909. The summed E-state index contributed by atoms with van der Waals surface area (Å²) in [6, 6.07) is 0.488. The zero-order valence-electron chi connectivity index (χ0n) is 9.32. The van der Waals surface area contributed by atoms with Gasteiger partial charge in [-0.05, 0) is 38.3 Å². The van der Waals surface area contributed by atoms with Crippen LogP contribution in [0.1, 0.15) is 25.7 Å². The fourth-order valence-electron chi connectivity index (χ4n) is 3.07. The van der Waals surface area contributed by atoms with E-state index in [2.05, 4.69) is 4.90 Å². The minimum absolute atomic E-state index is 0.0335. The largest absolute Gasteiger partial charge is 0.468 e. The van der Waals surface area contributed by atoms with Crippen LogP contribution in [0, 0.1) is 5.92 Å². The number of carbonyl (C=O) groups excluding carboxylic acids is 1. The van der Waals surface area contributed by atoms with Crippen LogP contribution < -0.4 is 5.73 Å². The van der Waals surface area contributed by atoms with Crippen molar-refractivity contribution < 1.29 is 9.53 Å². The van der Waals surface area contributed by atoms with Crippen molar-refractivity contribution in [1.29, 1.82) is 0 Å². The summed E-state index contributed by atoms with van der Waals surface area (Å²) in [5.41, 5.74) is 5.77. The summed E-state index contributed by atoms with van der Waals surface area (Å²) in [6.07, 6.45) is 4.54. The number of nitrogens with two attached hydrogens (primary N) is 1. The van der Waals surface area contributed by atoms with Gasteiger partial charge in [-0.1, -0.05) is 6.42 Å². The van der Waals surface area contributed by atoms with Crippen LogP contribution in [0.15, 0.2) is 0 Å². The van der Waals surface area contributed by atoms with Crippen molar-refractivity contribution >= 4 is 5.97 Å². The van der Waals surface area contributed by atoms with Gasteiger partial charge in [0.25, 0.3) is 0 Å². The van der Waals surface area contributed by atoms with E-state index in [9.17, 15) is 4.79 Å². The zero-order valence-corrected chi connectivity index (χ0v) is 9.32. The first-order chi connectivity index (χ1) is 7.27. The highest BCUT2D eigenvalue weighted by Crippen LogP contribution is 2.35. The van der Waals surface area contributed by atoms with Crippen LogP contribution in [-0.4, -0.2) is 43.2 Å². The lowest BCUT2D eigenvalue weighted by atomic mass is 9.93. The Kier molecular flexibility index (Phi) is 3.26. The van der Waals surface area contributed by atoms with Crippen molar-refractivity contribution in [2.75, 3.05) is 20.2 Å². The summed E-state index contributed by atoms with van der Waals surface area (Å²) >= 11 is 0. The highest BCUT2D eigenvalue weighted by molar-refractivity contribution is 5.76. The second-order valence-electron chi connectivity index (χ2n) is 4.57. The molecule has 3 unspecified atom stereocenters. The van der Waals surface area contributed by atoms with Crippen molar-refractivity contribution in [2.24, 2.45) is 11.7 Å². The van der Waals surface area contributed by atoms with Gasteiger partial charge in [0.1, 0.15) is 6.04 Å². The summed E-state index contributed by atoms with van der Waals surface area (Å²) in [5, 5.41) is 0. The van der Waals surface area contributed by atoms with Crippen molar-refractivity contribution in [3.05, 3.63) is 0 Å². The SMILES string of the molecule is COC(=O)C1CC(CN)C2CCCCN12. The van der Waals surface area contributed by atoms with Gasteiger partial charge in [-0.3, -0.25) is 9.69 Å². The number of piperidine rings is 1. The molecule has 0 bridgehead atoms. The quantitative estimate of drug-likeness (QED) is 0.672. The Morgan fingerprint density at radius 3 is 3.00 bits per heavy atom. The maximum absolute atomic E-state index is 11.6. The third-order valence-electron chi connectivity index (χ3n) is 3.84. The summed E-state index contributed by atoms with van der Waals surface area (Å²) in [4.78, 5) is 13.9. The molecular weight excluding hydrogens is 192 g/mol. The van der Waals surface area contributed by atoms with Crippen molar-refractivity contribution in [3.63, 3.8) is 0 Å². The van der Waals surface area contributed by atoms with Crippen LogP contribution in [0.2, 0.25) is 0 Å². The van der Waals surface area contributed by atoms with Crippen molar-refractivity contribution in [1.82, 2.24) is 4.90 Å². The molecule has 2 aliphatic heterocycles. The third-order valence-corrected chi connectivity index (χ3v) is 3.84. The molecule has 2 N–H and O–H groups in total. The van der Waals surface area contributed by atoms with Crippen LogP contribution >= 0.6 is 0 Å². The Balaban J connectivity index is 2.10. The predicted molar refractivity (Wildman–Crippen MR) is 57.3 cm³/mol. The van der Waals surface area contributed by atoms with E-state index < -0.39 is 0 Å². The van der Waals surface area contributed by atoms with Crippen molar-refractivity contribution in [3.8, 4) is 0 Å². The first kappa shape index (κ1) is 10.9. The molecule has 2 heterocycles. The van der Waals surface area contributed by atoms with E-state index in [0.717, 1.165) is 13.0 Å². The van der Waals surface area contributed by atoms with Gasteiger partial charge >= 0.3 is 5.97 Å². The molecule has 2 aliphatic rings. The lowest BCUT2D eigenvalue weighted by Crippen LogP contribution is -2.45. The number of ether oxygens (including phenoxy) is 1. The molecule has 2 rings (SSSR count). The summed E-state index contributed by atoms with van der Waals surface area (Å²) < 4.78 is 4.85. The minimum Gasteiger partial charge on any atom is -0.468 e. The summed E-state index contributed by atoms with van der Waals surface area (Å²) in [6.45, 7) is 1.72. The standard InChI is InChI=1S/C11H20N2O2/c1-15-11(14)10-6-8(7-12)9-4-2-3-5-13(9)10/h8-10H,2-7,12H2,1H3. The molecule has 0 aromatic rings. The minimum atomic E-state index is -0.0853. The molecule has 0 saturated carbocycles. The van der Waals surface area contributed by atoms with Crippen molar-refractivity contribution in [2.45, 2.75) is 37.8 Å². The van der Waals surface area contributed by atoms with Gasteiger partial charge in [0, 0.05) is 6.04 Å². The number of hydrogen-bond donors (Lipinski definition) is 1. The molecule has 15 heavy (non-hydrogen) atoms. The lowest BCUT2D eigenvalue weighted by Gasteiger charge is -2.34. The average Bonchev–Trinajstić information content (AvgIpc) is 2.67. The fourth-order valence-corrected chi connectivity index (χ4v) is 3.07. The average molecular weight is 212 g/mol. The first-order valence-electron chi connectivity index (χ1n) is 5.81. The number of methoxy groups -OCH3 is 1. The van der Waals surface area contributed by atoms with Gasteiger partial charge in [-0.2, -0.15) is 0 Å². The number of rotatable bonds is 2. The van der Waals surface area contributed by atoms with Crippen LogP contribution in [0.25, 0.3) is 0 Å². The zero-order chi connectivity index (χ0) is 10.8. The van der Waals surface area contributed by atoms with Gasteiger partial charge in [-0.25, -0.2) is 0 Å². The van der Waals surface area contributed by atoms with Crippen LogP contribution in [0.3, 0.4) is 0 Å². The predicted octanol–water partition coefficient (Wildman–Crippen LogP) is 0.361. The van der Waals surface area contributed by atoms with E-state index in [4.69, 9.17) is 10.5 Å². The highest BCUT2D eigenvalue weighted by Gasteiger charge is 2.44. The first-order valence-corrected chi connectivity index (χ1v) is 5.81. The molecule has 0 aliphatic carbocycles. The Labute approximate surface area is 90.8 Å². The van der Waals surface area contributed by atoms with E-state index in [1.54, 1.807) is 0 Å². The van der Waals surface area contributed by atoms with Gasteiger partial charge in [0.15, 0.2) is 0 Å². The van der Waals surface area contributed by atoms with E-state index in [0.29, 0.717) is 18.5 Å². The molecule has 86 valence electrons. The van der Waals surface area contributed by atoms with Gasteiger partial charge in [0.05, 0.1) is 7.11 Å². The molecule has 0 aromatic carbocycles. The molecule has 0 amide bonds. The second kappa shape index (κ2) is 4.49. The Morgan fingerprint density at radius 1 is 1.53 bits per heavy atom. The molecule has 0 radical (unpaired) electrons. The molecular formula is C11H20N2O2. The number of hydrogen-bond acceptors (Lipinski definition) is 4. The van der Waals surface area contributed by atoms with Crippen LogP contribution in [-0.2, 0) is 9.53 Å². The topological polar surface area (TPSA) is 55.6 Å². The van der Waals surface area contributed by atoms with E-state index in [1.165, 1.54) is 26.4 Å².